The van der Waals surface area contributed by atoms with Crippen LogP contribution in [-0.4, -0.2) is 35.6 Å². The van der Waals surface area contributed by atoms with E-state index in [0.29, 0.717) is 6.61 Å². The van der Waals surface area contributed by atoms with Gasteiger partial charge in [-0.15, -0.1) is 0 Å². The van der Waals surface area contributed by atoms with Crippen LogP contribution in [0, 0.1) is 0 Å². The molecule has 0 fully saturated rings. The van der Waals surface area contributed by atoms with E-state index in [2.05, 4.69) is 0 Å². The van der Waals surface area contributed by atoms with Gasteiger partial charge in [-0.25, -0.2) is 0 Å². The number of hydrogen-bond acceptors (Lipinski definition) is 9. The molecule has 0 aromatic rings. The van der Waals surface area contributed by atoms with E-state index < -0.39 is 23.9 Å². The predicted octanol–water partition coefficient (Wildman–Crippen LogP) is -4.59. The normalized spacial score (nSPS) is 6.19. The van der Waals surface area contributed by atoms with Crippen LogP contribution in [0.1, 0.15) is 41.0 Å². The van der Waals surface area contributed by atoms with Crippen molar-refractivity contribution < 1.29 is 70.9 Å². The van der Waals surface area contributed by atoms with Gasteiger partial charge in [0, 0.05) is 30.5 Å². The summed E-state index contributed by atoms with van der Waals surface area (Å²) in [6, 6.07) is 0. The molecule has 0 saturated heterocycles. The Bertz CT molecular complexity index is 188. The quantitative estimate of drug-likeness (QED) is 0.463. The van der Waals surface area contributed by atoms with Crippen LogP contribution in [0.2, 0.25) is 0 Å². The first-order valence-corrected chi connectivity index (χ1v) is 5.16. The van der Waals surface area contributed by atoms with Crippen molar-refractivity contribution in [2.75, 3.05) is 6.61 Å². The smallest absolute Gasteiger partial charge is 0.550 e. The van der Waals surface area contributed by atoms with Crippen molar-refractivity contribution in [3.05, 3.63) is 0 Å². The summed E-state index contributed by atoms with van der Waals surface area (Å²) >= 11 is 0. The van der Waals surface area contributed by atoms with Crippen LogP contribution in [0.25, 0.3) is 0 Å². The van der Waals surface area contributed by atoms with Gasteiger partial charge in [-0.3, -0.25) is 0 Å². The summed E-state index contributed by atoms with van der Waals surface area (Å²) in [6.07, 6.45) is 0.875. The summed E-state index contributed by atoms with van der Waals surface area (Å²) in [5.74, 6) is -4.33. The molecule has 0 heterocycles. The molecule has 0 spiro atoms. The first kappa shape index (κ1) is 36.7. The standard InChI is InChI=1S/C3H8O.4C2H4O2.Zr/c1-2-3-4;4*1-2(3)4;/h4H,2-3H2,1H3;4*1H3,(H,3,4);/q;;;;;+4/p-4. The molecule has 0 aliphatic heterocycles. The van der Waals surface area contributed by atoms with E-state index in [1.54, 1.807) is 0 Å². The zero-order valence-corrected chi connectivity index (χ0v) is 15.1. The molecule has 9 nitrogen and oxygen atoms in total. The molecule has 0 aliphatic rings. The molecule has 0 aromatic heterocycles. The van der Waals surface area contributed by atoms with Crippen molar-refractivity contribution in [1.29, 1.82) is 0 Å². The van der Waals surface area contributed by atoms with Crippen molar-refractivity contribution in [2.45, 2.75) is 41.0 Å². The maximum atomic E-state index is 8.89. The molecule has 122 valence electrons. The summed E-state index contributed by atoms with van der Waals surface area (Å²) in [5.41, 5.74) is 0. The summed E-state index contributed by atoms with van der Waals surface area (Å²) in [4.78, 5) is 35.6. The maximum Gasteiger partial charge on any atom is 4.00 e. The van der Waals surface area contributed by atoms with Crippen molar-refractivity contribution >= 4 is 23.9 Å². The molecule has 0 rings (SSSR count). The van der Waals surface area contributed by atoms with E-state index in [4.69, 9.17) is 44.7 Å². The van der Waals surface area contributed by atoms with Gasteiger partial charge in [0.2, 0.25) is 0 Å². The van der Waals surface area contributed by atoms with E-state index in [0.717, 1.165) is 34.1 Å². The van der Waals surface area contributed by atoms with Gasteiger partial charge in [-0.05, 0) is 34.1 Å². The average molecular weight is 387 g/mol. The van der Waals surface area contributed by atoms with Crippen molar-refractivity contribution in [3.8, 4) is 0 Å². The molecule has 0 atom stereocenters. The van der Waals surface area contributed by atoms with Gasteiger partial charge < -0.3 is 44.7 Å². The van der Waals surface area contributed by atoms with Crippen LogP contribution in [-0.2, 0) is 45.4 Å². The number of carboxylic acids is 4. The van der Waals surface area contributed by atoms with Gasteiger partial charge in [0.25, 0.3) is 0 Å². The molecule has 1 N–H and O–H groups in total. The van der Waals surface area contributed by atoms with Crippen LogP contribution >= 0.6 is 0 Å². The minimum Gasteiger partial charge on any atom is -0.550 e. The number of hydrogen-bond donors (Lipinski definition) is 1. The minimum atomic E-state index is -1.08. The number of carbonyl (C=O) groups is 4. The Kier molecular flexibility index (Phi) is 63.5. The SMILES string of the molecule is CC(=O)[O-].CC(=O)[O-].CC(=O)[O-].CC(=O)[O-].CCCO.[Zr+4]. The van der Waals surface area contributed by atoms with Crippen LogP contribution < -0.4 is 20.4 Å². The third kappa shape index (κ3) is 68300. The van der Waals surface area contributed by atoms with Gasteiger partial charge >= 0.3 is 26.2 Å². The van der Waals surface area contributed by atoms with Crippen molar-refractivity contribution in [2.24, 2.45) is 0 Å². The van der Waals surface area contributed by atoms with Gasteiger partial charge in [-0.1, -0.05) is 6.92 Å². The Balaban J connectivity index is -0.0000000331. The third-order valence-corrected chi connectivity index (χ3v) is 0.224. The topological polar surface area (TPSA) is 181 Å². The number of aliphatic carboxylic acids is 4. The first-order valence-electron chi connectivity index (χ1n) is 5.16. The Morgan fingerprint density at radius 3 is 0.762 bits per heavy atom. The van der Waals surface area contributed by atoms with E-state index in [1.165, 1.54) is 0 Å². The summed E-state index contributed by atoms with van der Waals surface area (Å²) < 4.78 is 0. The zero-order chi connectivity index (χ0) is 17.7. The summed E-state index contributed by atoms with van der Waals surface area (Å²) in [5, 5.41) is 43.4. The van der Waals surface area contributed by atoms with E-state index >= 15 is 0 Å². The Labute approximate surface area is 142 Å². The van der Waals surface area contributed by atoms with Gasteiger partial charge in [0.15, 0.2) is 0 Å². The van der Waals surface area contributed by atoms with Gasteiger partial charge in [-0.2, -0.15) is 0 Å². The van der Waals surface area contributed by atoms with E-state index in [9.17, 15) is 0 Å². The van der Waals surface area contributed by atoms with Gasteiger partial charge in [0.05, 0.1) is 0 Å². The van der Waals surface area contributed by atoms with Crippen LogP contribution in [0.4, 0.5) is 0 Å². The molecular weight excluding hydrogens is 367 g/mol. The number of aliphatic hydroxyl groups excluding tert-OH is 1. The fourth-order valence-electron chi connectivity index (χ4n) is 0. The van der Waals surface area contributed by atoms with Gasteiger partial charge in [0.1, 0.15) is 0 Å². The maximum absolute atomic E-state index is 8.89. The third-order valence-electron chi connectivity index (χ3n) is 0.224. The fourth-order valence-corrected chi connectivity index (χ4v) is 0. The molecule has 0 amide bonds. The fraction of sp³-hybridized carbons (Fsp3) is 0.636. The molecule has 0 aromatic carbocycles. The molecule has 10 heteroatoms. The molecule has 0 unspecified atom stereocenters. The number of carbonyl (C=O) groups excluding carboxylic acids is 4. The largest absolute Gasteiger partial charge is 4.00 e. The Morgan fingerprint density at radius 1 is 0.714 bits per heavy atom. The molecule has 0 radical (unpaired) electrons. The minimum absolute atomic E-state index is 0. The predicted molar refractivity (Wildman–Crippen MR) is 60.1 cm³/mol. The molecular formula is C11H20O9Zr. The molecule has 0 aliphatic carbocycles. The Morgan fingerprint density at radius 2 is 0.762 bits per heavy atom. The van der Waals surface area contributed by atoms with E-state index in [-0.39, 0.29) is 26.2 Å². The molecule has 0 saturated carbocycles. The summed E-state index contributed by atoms with van der Waals surface area (Å²) in [7, 11) is 0. The monoisotopic (exact) mass is 386 g/mol. The number of carboxylic acid groups (broad SMARTS) is 4. The second kappa shape index (κ2) is 36.3. The summed E-state index contributed by atoms with van der Waals surface area (Å²) in [6.45, 7) is 6.14. The number of aliphatic hydroxyl groups is 1. The Hall–Kier alpha value is -1.28. The van der Waals surface area contributed by atoms with Crippen molar-refractivity contribution in [3.63, 3.8) is 0 Å². The number of rotatable bonds is 1. The first-order chi connectivity index (χ1) is 8.84. The zero-order valence-electron chi connectivity index (χ0n) is 12.6. The van der Waals surface area contributed by atoms with Crippen molar-refractivity contribution in [1.82, 2.24) is 0 Å². The average Bonchev–Trinajstić information content (AvgIpc) is 2.13. The second-order valence-corrected chi connectivity index (χ2v) is 2.69. The van der Waals surface area contributed by atoms with Crippen LogP contribution in [0.15, 0.2) is 0 Å². The molecule has 0 bridgehead atoms. The van der Waals surface area contributed by atoms with E-state index in [1.807, 2.05) is 6.92 Å². The molecule has 21 heavy (non-hydrogen) atoms. The van der Waals surface area contributed by atoms with Crippen LogP contribution in [0.5, 0.6) is 0 Å². The van der Waals surface area contributed by atoms with Crippen LogP contribution in [0.3, 0.4) is 0 Å². The second-order valence-electron chi connectivity index (χ2n) is 2.69.